The Balaban J connectivity index is 2.16. The highest BCUT2D eigenvalue weighted by Gasteiger charge is 1.97. The second kappa shape index (κ2) is 11.3. The third kappa shape index (κ3) is 7.76. The lowest BCUT2D eigenvalue weighted by molar-refractivity contribution is 0.154. The first-order valence-electron chi connectivity index (χ1n) is 7.60. The standard InChI is InChI=1S/C18H25NO/c1-2-3-4-5-6-10-13-20-16-18(15-19)14-17-11-8-7-9-12-17/h7-9,11-12,14H,2-6,10,13,16H2,1H3/b18-14-. The summed E-state index contributed by atoms with van der Waals surface area (Å²) in [6, 6.07) is 12.1. The van der Waals surface area contributed by atoms with Gasteiger partial charge in [-0.1, -0.05) is 69.4 Å². The normalized spacial score (nSPS) is 11.3. The minimum atomic E-state index is 0.417. The lowest BCUT2D eigenvalue weighted by atomic mass is 10.1. The summed E-state index contributed by atoms with van der Waals surface area (Å²) in [7, 11) is 0. The maximum absolute atomic E-state index is 9.09. The molecule has 0 bridgehead atoms. The lowest BCUT2D eigenvalue weighted by Crippen LogP contribution is -1.99. The highest BCUT2D eigenvalue weighted by molar-refractivity contribution is 5.56. The number of rotatable bonds is 10. The molecule has 0 saturated heterocycles. The van der Waals surface area contributed by atoms with Crippen LogP contribution in [0.25, 0.3) is 6.08 Å². The fraction of sp³-hybridized carbons (Fsp3) is 0.500. The van der Waals surface area contributed by atoms with E-state index in [1.54, 1.807) is 0 Å². The number of nitrogens with zero attached hydrogens (tertiary/aromatic N) is 1. The number of nitriles is 1. The van der Waals surface area contributed by atoms with Crippen molar-refractivity contribution in [1.82, 2.24) is 0 Å². The second-order valence-corrected chi connectivity index (χ2v) is 5.01. The van der Waals surface area contributed by atoms with Gasteiger partial charge in [0.1, 0.15) is 0 Å². The van der Waals surface area contributed by atoms with Crippen LogP contribution in [0.5, 0.6) is 0 Å². The summed E-state index contributed by atoms with van der Waals surface area (Å²) in [4.78, 5) is 0. The fourth-order valence-electron chi connectivity index (χ4n) is 2.02. The van der Waals surface area contributed by atoms with Crippen molar-refractivity contribution in [2.24, 2.45) is 0 Å². The smallest absolute Gasteiger partial charge is 0.0971 e. The molecule has 20 heavy (non-hydrogen) atoms. The molecular weight excluding hydrogens is 246 g/mol. The van der Waals surface area contributed by atoms with E-state index in [0.717, 1.165) is 18.6 Å². The maximum atomic E-state index is 9.09. The largest absolute Gasteiger partial charge is 0.376 e. The maximum Gasteiger partial charge on any atom is 0.0971 e. The minimum Gasteiger partial charge on any atom is -0.376 e. The third-order valence-corrected chi connectivity index (χ3v) is 3.18. The summed E-state index contributed by atoms with van der Waals surface area (Å²) in [6.45, 7) is 3.39. The van der Waals surface area contributed by atoms with Gasteiger partial charge in [-0.25, -0.2) is 0 Å². The fourth-order valence-corrected chi connectivity index (χ4v) is 2.02. The zero-order valence-corrected chi connectivity index (χ0v) is 12.5. The van der Waals surface area contributed by atoms with Crippen molar-refractivity contribution >= 4 is 6.08 Å². The van der Waals surface area contributed by atoms with E-state index in [2.05, 4.69) is 13.0 Å². The molecule has 0 fully saturated rings. The zero-order valence-electron chi connectivity index (χ0n) is 12.5. The van der Waals surface area contributed by atoms with Gasteiger partial charge in [-0.3, -0.25) is 0 Å². The highest BCUT2D eigenvalue weighted by atomic mass is 16.5. The molecule has 2 nitrogen and oxygen atoms in total. The molecule has 0 aliphatic rings. The van der Waals surface area contributed by atoms with Gasteiger partial charge in [0.2, 0.25) is 0 Å². The van der Waals surface area contributed by atoms with Crippen molar-refractivity contribution in [3.05, 3.63) is 41.5 Å². The van der Waals surface area contributed by atoms with Gasteiger partial charge in [0.05, 0.1) is 18.2 Å². The summed E-state index contributed by atoms with van der Waals surface area (Å²) < 4.78 is 5.57. The van der Waals surface area contributed by atoms with Gasteiger partial charge >= 0.3 is 0 Å². The Hall–Kier alpha value is -1.59. The molecule has 0 amide bonds. The van der Waals surface area contributed by atoms with Gasteiger partial charge in [-0.2, -0.15) is 5.26 Å². The second-order valence-electron chi connectivity index (χ2n) is 5.01. The molecular formula is C18H25NO. The average molecular weight is 271 g/mol. The Kier molecular flexibility index (Phi) is 9.26. The minimum absolute atomic E-state index is 0.417. The van der Waals surface area contributed by atoms with Crippen LogP contribution >= 0.6 is 0 Å². The molecule has 2 heteroatoms. The number of ether oxygens (including phenoxy) is 1. The molecule has 108 valence electrons. The molecule has 0 atom stereocenters. The summed E-state index contributed by atoms with van der Waals surface area (Å²) >= 11 is 0. The van der Waals surface area contributed by atoms with Crippen LogP contribution in [0.1, 0.15) is 51.0 Å². The predicted octanol–water partition coefficient (Wildman–Crippen LogP) is 4.97. The van der Waals surface area contributed by atoms with Crippen LogP contribution in [-0.2, 0) is 4.74 Å². The third-order valence-electron chi connectivity index (χ3n) is 3.18. The molecule has 1 rings (SSSR count). The van der Waals surface area contributed by atoms with Crippen LogP contribution in [-0.4, -0.2) is 13.2 Å². The monoisotopic (exact) mass is 271 g/mol. The Morgan fingerprint density at radius 3 is 2.50 bits per heavy atom. The molecule has 0 spiro atoms. The molecule has 0 heterocycles. The summed E-state index contributed by atoms with van der Waals surface area (Å²) in [5.41, 5.74) is 1.73. The molecule has 1 aromatic rings. The molecule has 1 aromatic carbocycles. The van der Waals surface area contributed by atoms with Gasteiger partial charge in [0.15, 0.2) is 0 Å². The van der Waals surface area contributed by atoms with Crippen molar-refractivity contribution in [2.75, 3.05) is 13.2 Å². The number of hydrogen-bond acceptors (Lipinski definition) is 2. The molecule has 0 unspecified atom stereocenters. The number of benzene rings is 1. The summed E-state index contributed by atoms with van der Waals surface area (Å²) in [5.74, 6) is 0. The summed E-state index contributed by atoms with van der Waals surface area (Å²) in [5, 5.41) is 9.09. The Morgan fingerprint density at radius 1 is 1.10 bits per heavy atom. The SMILES string of the molecule is CCCCCCCCOC/C(C#N)=C\c1ccccc1. The van der Waals surface area contributed by atoms with E-state index in [1.807, 2.05) is 36.4 Å². The molecule has 0 aromatic heterocycles. The van der Waals surface area contributed by atoms with Crippen LogP contribution in [0.2, 0.25) is 0 Å². The van der Waals surface area contributed by atoms with Gasteiger partial charge in [0, 0.05) is 6.61 Å². The van der Waals surface area contributed by atoms with Crippen LogP contribution in [0.3, 0.4) is 0 Å². The number of unbranched alkanes of at least 4 members (excludes halogenated alkanes) is 5. The Bertz CT molecular complexity index is 417. The van der Waals surface area contributed by atoms with E-state index in [4.69, 9.17) is 10.00 Å². The predicted molar refractivity (Wildman–Crippen MR) is 84.2 cm³/mol. The van der Waals surface area contributed by atoms with Gasteiger partial charge in [0.25, 0.3) is 0 Å². The first kappa shape index (κ1) is 16.5. The average Bonchev–Trinajstić information content (AvgIpc) is 2.49. The summed E-state index contributed by atoms with van der Waals surface area (Å²) in [6.07, 6.45) is 9.45. The van der Waals surface area contributed by atoms with E-state index in [1.165, 1.54) is 32.1 Å². The van der Waals surface area contributed by atoms with Crippen LogP contribution < -0.4 is 0 Å². The van der Waals surface area contributed by atoms with Crippen molar-refractivity contribution < 1.29 is 4.74 Å². The Labute approximate surface area is 123 Å². The van der Waals surface area contributed by atoms with E-state index in [0.29, 0.717) is 12.2 Å². The van der Waals surface area contributed by atoms with Gasteiger partial charge < -0.3 is 4.74 Å². The van der Waals surface area contributed by atoms with Crippen LogP contribution in [0.15, 0.2) is 35.9 Å². The molecule has 0 aliphatic carbocycles. The first-order chi connectivity index (χ1) is 9.86. The zero-order chi connectivity index (χ0) is 14.5. The van der Waals surface area contributed by atoms with E-state index >= 15 is 0 Å². The lowest BCUT2D eigenvalue weighted by Gasteiger charge is -2.03. The first-order valence-corrected chi connectivity index (χ1v) is 7.60. The van der Waals surface area contributed by atoms with Crippen LogP contribution in [0, 0.1) is 11.3 Å². The molecule has 0 aliphatic heterocycles. The van der Waals surface area contributed by atoms with Crippen molar-refractivity contribution in [3.8, 4) is 6.07 Å². The van der Waals surface area contributed by atoms with E-state index < -0.39 is 0 Å². The molecule has 0 N–H and O–H groups in total. The van der Waals surface area contributed by atoms with Gasteiger partial charge in [-0.05, 0) is 18.1 Å². The van der Waals surface area contributed by atoms with Crippen LogP contribution in [0.4, 0.5) is 0 Å². The van der Waals surface area contributed by atoms with Crippen molar-refractivity contribution in [2.45, 2.75) is 45.4 Å². The van der Waals surface area contributed by atoms with E-state index in [-0.39, 0.29) is 0 Å². The highest BCUT2D eigenvalue weighted by Crippen LogP contribution is 2.08. The van der Waals surface area contributed by atoms with E-state index in [9.17, 15) is 0 Å². The van der Waals surface area contributed by atoms with Crippen molar-refractivity contribution in [3.63, 3.8) is 0 Å². The topological polar surface area (TPSA) is 33.0 Å². The Morgan fingerprint density at radius 2 is 1.80 bits per heavy atom. The molecule has 0 saturated carbocycles. The van der Waals surface area contributed by atoms with Crippen molar-refractivity contribution in [1.29, 1.82) is 5.26 Å². The van der Waals surface area contributed by atoms with Gasteiger partial charge in [-0.15, -0.1) is 0 Å². The molecule has 0 radical (unpaired) electrons. The quantitative estimate of drug-likeness (QED) is 0.444. The number of hydrogen-bond donors (Lipinski definition) is 0.